The molecule has 2 heterocycles. The van der Waals surface area contributed by atoms with Gasteiger partial charge in [-0.05, 0) is 52.2 Å². The number of methoxy groups -OCH3 is 1. The number of nitrogens with one attached hydrogen (secondary N) is 1. The van der Waals surface area contributed by atoms with Crippen molar-refractivity contribution in [2.45, 2.75) is 27.3 Å². The molecule has 1 N–H and O–H groups in total. The fourth-order valence-corrected chi connectivity index (χ4v) is 2.92. The zero-order valence-corrected chi connectivity index (χ0v) is 17.6. The number of carbonyl (C=O) groups excluding carboxylic acids is 2. The Bertz CT molecular complexity index is 1020. The first-order chi connectivity index (χ1) is 13.4. The largest absolute Gasteiger partial charge is 0.464 e. The Balaban J connectivity index is 0.00000136. The molecule has 0 unspecified atom stereocenters. The van der Waals surface area contributed by atoms with E-state index in [9.17, 15) is 14.0 Å². The molecule has 3 aromatic rings. The van der Waals surface area contributed by atoms with Crippen LogP contribution in [0.25, 0.3) is 5.65 Å². The van der Waals surface area contributed by atoms with Gasteiger partial charge in [-0.1, -0.05) is 26.0 Å². The summed E-state index contributed by atoms with van der Waals surface area (Å²) >= 11 is 3.35. The van der Waals surface area contributed by atoms with Crippen LogP contribution >= 0.6 is 15.9 Å². The number of hydrogen-bond donors (Lipinski definition) is 1. The number of amides is 1. The highest BCUT2D eigenvalue weighted by atomic mass is 79.9. The van der Waals surface area contributed by atoms with Crippen LogP contribution in [0.2, 0.25) is 0 Å². The number of aromatic nitrogens is 2. The minimum Gasteiger partial charge on any atom is -0.464 e. The molecular formula is C20H21BrFN3O3. The van der Waals surface area contributed by atoms with Gasteiger partial charge in [-0.25, -0.2) is 14.2 Å². The number of halogens is 2. The van der Waals surface area contributed by atoms with Crippen molar-refractivity contribution >= 4 is 33.5 Å². The number of hydrogen-bond acceptors (Lipinski definition) is 4. The van der Waals surface area contributed by atoms with Gasteiger partial charge in [-0.15, -0.1) is 0 Å². The summed E-state index contributed by atoms with van der Waals surface area (Å²) in [7, 11) is 1.28. The predicted molar refractivity (Wildman–Crippen MR) is 108 cm³/mol. The highest BCUT2D eigenvalue weighted by Crippen LogP contribution is 2.20. The zero-order valence-electron chi connectivity index (χ0n) is 16.0. The molecule has 148 valence electrons. The Morgan fingerprint density at radius 3 is 2.61 bits per heavy atom. The average molecular weight is 450 g/mol. The SMILES string of the molecule is CC.COC(=O)c1ccc(Br)c2nc(C(=O)NCc3ccc(F)c(C)c3)cn12. The van der Waals surface area contributed by atoms with E-state index in [2.05, 4.69) is 26.2 Å². The summed E-state index contributed by atoms with van der Waals surface area (Å²) in [6.45, 7) is 5.90. The fraction of sp³-hybridized carbons (Fsp3) is 0.250. The molecule has 0 bridgehead atoms. The van der Waals surface area contributed by atoms with Crippen LogP contribution in [0, 0.1) is 12.7 Å². The molecule has 2 aromatic heterocycles. The van der Waals surface area contributed by atoms with Crippen LogP contribution in [0.5, 0.6) is 0 Å². The molecule has 0 saturated carbocycles. The summed E-state index contributed by atoms with van der Waals surface area (Å²) in [4.78, 5) is 28.5. The van der Waals surface area contributed by atoms with Gasteiger partial charge in [0, 0.05) is 12.7 Å². The van der Waals surface area contributed by atoms with E-state index in [0.29, 0.717) is 15.7 Å². The smallest absolute Gasteiger partial charge is 0.355 e. The lowest BCUT2D eigenvalue weighted by Crippen LogP contribution is -2.23. The van der Waals surface area contributed by atoms with Crippen molar-refractivity contribution in [2.24, 2.45) is 0 Å². The van der Waals surface area contributed by atoms with E-state index >= 15 is 0 Å². The van der Waals surface area contributed by atoms with Crippen LogP contribution in [-0.2, 0) is 11.3 Å². The van der Waals surface area contributed by atoms with Gasteiger partial charge in [-0.3, -0.25) is 9.20 Å². The maximum Gasteiger partial charge on any atom is 0.355 e. The van der Waals surface area contributed by atoms with Crippen LogP contribution in [0.4, 0.5) is 4.39 Å². The topological polar surface area (TPSA) is 72.7 Å². The van der Waals surface area contributed by atoms with Gasteiger partial charge in [-0.2, -0.15) is 0 Å². The molecule has 0 radical (unpaired) electrons. The molecule has 0 aliphatic rings. The molecular weight excluding hydrogens is 429 g/mol. The van der Waals surface area contributed by atoms with Crippen molar-refractivity contribution in [2.75, 3.05) is 7.11 Å². The number of carbonyl (C=O) groups is 2. The molecule has 0 saturated heterocycles. The van der Waals surface area contributed by atoms with Gasteiger partial charge in [0.25, 0.3) is 5.91 Å². The number of ether oxygens (including phenoxy) is 1. The fourth-order valence-electron chi connectivity index (χ4n) is 2.51. The first-order valence-electron chi connectivity index (χ1n) is 8.70. The molecule has 1 amide bonds. The average Bonchev–Trinajstić information content (AvgIpc) is 3.16. The monoisotopic (exact) mass is 449 g/mol. The number of rotatable bonds is 4. The Kier molecular flexibility index (Phi) is 7.28. The van der Waals surface area contributed by atoms with E-state index in [-0.39, 0.29) is 23.7 Å². The van der Waals surface area contributed by atoms with E-state index in [4.69, 9.17) is 4.74 Å². The molecule has 8 heteroatoms. The van der Waals surface area contributed by atoms with E-state index in [0.717, 1.165) is 5.56 Å². The molecule has 0 spiro atoms. The molecule has 0 aliphatic heterocycles. The summed E-state index contributed by atoms with van der Waals surface area (Å²) in [5.74, 6) is -1.23. The van der Waals surface area contributed by atoms with Gasteiger partial charge in [0.15, 0.2) is 5.65 Å². The third kappa shape index (κ3) is 4.56. The van der Waals surface area contributed by atoms with Gasteiger partial charge >= 0.3 is 5.97 Å². The van der Waals surface area contributed by atoms with Gasteiger partial charge < -0.3 is 10.1 Å². The van der Waals surface area contributed by atoms with Gasteiger partial charge in [0.1, 0.15) is 17.2 Å². The Labute approximate surface area is 170 Å². The lowest BCUT2D eigenvalue weighted by molar-refractivity contribution is 0.0592. The minimum atomic E-state index is -0.534. The van der Waals surface area contributed by atoms with Crippen molar-refractivity contribution in [1.29, 1.82) is 0 Å². The first-order valence-corrected chi connectivity index (χ1v) is 9.49. The molecule has 0 fully saturated rings. The Morgan fingerprint density at radius 1 is 1.25 bits per heavy atom. The first kappa shape index (κ1) is 21.6. The van der Waals surface area contributed by atoms with Crippen LogP contribution in [0.1, 0.15) is 46.0 Å². The van der Waals surface area contributed by atoms with Crippen molar-refractivity contribution in [3.8, 4) is 0 Å². The second-order valence-corrected chi connectivity index (χ2v) is 6.50. The standard InChI is InChI=1S/C18H15BrFN3O3.C2H6/c1-10-7-11(3-5-13(10)20)8-21-17(24)14-9-23-15(18(25)26-2)6-4-12(19)16(23)22-14;1-2/h3-7,9H,8H2,1-2H3,(H,21,24);1-2H3. The quantitative estimate of drug-likeness (QED) is 0.603. The molecule has 1 aromatic carbocycles. The molecule has 28 heavy (non-hydrogen) atoms. The molecule has 0 aliphatic carbocycles. The molecule has 6 nitrogen and oxygen atoms in total. The second kappa shape index (κ2) is 9.45. The van der Waals surface area contributed by atoms with Crippen molar-refractivity contribution < 1.29 is 18.7 Å². The number of imidazole rings is 1. The summed E-state index contributed by atoms with van der Waals surface area (Å²) in [6.07, 6.45) is 1.47. The van der Waals surface area contributed by atoms with Crippen LogP contribution in [0.3, 0.4) is 0 Å². The predicted octanol–water partition coefficient (Wildman–Crippen LogP) is 4.29. The van der Waals surface area contributed by atoms with E-state index in [1.165, 1.54) is 23.8 Å². The van der Waals surface area contributed by atoms with Gasteiger partial charge in [0.2, 0.25) is 0 Å². The Morgan fingerprint density at radius 2 is 1.96 bits per heavy atom. The van der Waals surface area contributed by atoms with Crippen LogP contribution in [-0.4, -0.2) is 28.4 Å². The highest BCUT2D eigenvalue weighted by Gasteiger charge is 2.17. The Hall–Kier alpha value is -2.74. The molecule has 3 rings (SSSR count). The number of pyridine rings is 1. The zero-order chi connectivity index (χ0) is 20.8. The maximum atomic E-state index is 13.3. The lowest BCUT2D eigenvalue weighted by Gasteiger charge is -2.05. The maximum absolute atomic E-state index is 13.3. The van der Waals surface area contributed by atoms with E-state index < -0.39 is 11.9 Å². The van der Waals surface area contributed by atoms with Crippen LogP contribution < -0.4 is 5.32 Å². The lowest BCUT2D eigenvalue weighted by atomic mass is 10.1. The molecule has 0 atom stereocenters. The summed E-state index contributed by atoms with van der Waals surface area (Å²) in [5.41, 5.74) is 2.12. The number of fused-ring (bicyclic) bond motifs is 1. The third-order valence-electron chi connectivity index (χ3n) is 3.87. The van der Waals surface area contributed by atoms with Gasteiger partial charge in [0.05, 0.1) is 11.6 Å². The van der Waals surface area contributed by atoms with Crippen molar-refractivity contribution in [1.82, 2.24) is 14.7 Å². The minimum absolute atomic E-state index is 0.154. The van der Waals surface area contributed by atoms with E-state index in [1.807, 2.05) is 13.8 Å². The number of esters is 1. The van der Waals surface area contributed by atoms with E-state index in [1.54, 1.807) is 31.2 Å². The summed E-state index contributed by atoms with van der Waals surface area (Å²) < 4.78 is 20.2. The van der Waals surface area contributed by atoms with Crippen molar-refractivity contribution in [3.05, 3.63) is 69.3 Å². The number of benzene rings is 1. The highest BCUT2D eigenvalue weighted by molar-refractivity contribution is 9.10. The summed E-state index contributed by atoms with van der Waals surface area (Å²) in [6, 6.07) is 7.89. The number of nitrogens with zero attached hydrogens (tertiary/aromatic N) is 2. The number of aryl methyl sites for hydroxylation is 1. The second-order valence-electron chi connectivity index (χ2n) is 5.64. The van der Waals surface area contributed by atoms with Crippen molar-refractivity contribution in [3.63, 3.8) is 0 Å². The van der Waals surface area contributed by atoms with Crippen LogP contribution in [0.15, 0.2) is 41.0 Å². The third-order valence-corrected chi connectivity index (χ3v) is 4.49. The summed E-state index contributed by atoms with van der Waals surface area (Å²) in [5, 5.41) is 2.74. The normalized spacial score (nSPS) is 10.2.